The van der Waals surface area contributed by atoms with E-state index in [-0.39, 0.29) is 36.2 Å². The second-order valence-corrected chi connectivity index (χ2v) is 8.10. The van der Waals surface area contributed by atoms with E-state index in [1.54, 1.807) is 0 Å². The van der Waals surface area contributed by atoms with Gasteiger partial charge in [-0.3, -0.25) is 4.79 Å². The molecule has 0 unspecified atom stereocenters. The molecule has 0 fully saturated rings. The molecule has 0 atom stereocenters. The molecule has 2 aromatic rings. The van der Waals surface area contributed by atoms with Crippen LogP contribution in [0.2, 0.25) is 0 Å². The third kappa shape index (κ3) is 4.66. The monoisotopic (exact) mass is 424 g/mol. The number of rotatable bonds is 7. The van der Waals surface area contributed by atoms with Crippen molar-refractivity contribution in [3.63, 3.8) is 0 Å². The average molecular weight is 424 g/mol. The second-order valence-electron chi connectivity index (χ2n) is 6.24. The summed E-state index contributed by atoms with van der Waals surface area (Å²) in [4.78, 5) is 12.3. The lowest BCUT2D eigenvalue weighted by Crippen LogP contribution is -2.27. The maximum atomic E-state index is 13.8. The molecule has 1 aliphatic heterocycles. The molecule has 1 aliphatic rings. The number of carbonyl (C=O) groups is 1. The number of ether oxygens (including phenoxy) is 3. The van der Waals surface area contributed by atoms with Crippen molar-refractivity contribution >= 4 is 15.9 Å². The van der Waals surface area contributed by atoms with Gasteiger partial charge in [-0.15, -0.1) is 0 Å². The van der Waals surface area contributed by atoms with Crippen LogP contribution in [0.1, 0.15) is 21.5 Å². The SMILES string of the molecule is CNS(=O)(=O)c1cc(C(=O)NCCc2cc(F)cc3c2OCOC3)ccc1OC. The van der Waals surface area contributed by atoms with Gasteiger partial charge in [-0.25, -0.2) is 17.5 Å². The lowest BCUT2D eigenvalue weighted by Gasteiger charge is -2.21. The van der Waals surface area contributed by atoms with Crippen molar-refractivity contribution in [3.05, 3.63) is 52.8 Å². The van der Waals surface area contributed by atoms with Crippen LogP contribution in [0.3, 0.4) is 0 Å². The van der Waals surface area contributed by atoms with Crippen molar-refractivity contribution in [1.82, 2.24) is 10.0 Å². The molecule has 0 aromatic heterocycles. The largest absolute Gasteiger partial charge is 0.495 e. The predicted octanol–water partition coefficient (Wildman–Crippen LogP) is 1.58. The molecule has 3 rings (SSSR count). The fourth-order valence-corrected chi connectivity index (χ4v) is 3.91. The Morgan fingerprint density at radius 1 is 1.28 bits per heavy atom. The number of sulfonamides is 1. The molecule has 8 nitrogen and oxygen atoms in total. The number of hydrogen-bond donors (Lipinski definition) is 2. The van der Waals surface area contributed by atoms with Crippen LogP contribution in [0, 0.1) is 5.82 Å². The van der Waals surface area contributed by atoms with E-state index >= 15 is 0 Å². The zero-order valence-corrected chi connectivity index (χ0v) is 16.8. The van der Waals surface area contributed by atoms with Crippen LogP contribution in [0.15, 0.2) is 35.2 Å². The maximum absolute atomic E-state index is 13.8. The van der Waals surface area contributed by atoms with Crippen LogP contribution in [-0.2, 0) is 27.8 Å². The van der Waals surface area contributed by atoms with Crippen LogP contribution >= 0.6 is 0 Å². The van der Waals surface area contributed by atoms with Gasteiger partial charge in [0.1, 0.15) is 22.2 Å². The van der Waals surface area contributed by atoms with E-state index in [0.717, 1.165) is 0 Å². The highest BCUT2D eigenvalue weighted by Gasteiger charge is 2.21. The third-order valence-electron chi connectivity index (χ3n) is 4.42. The van der Waals surface area contributed by atoms with Gasteiger partial charge in [0, 0.05) is 17.7 Å². The van der Waals surface area contributed by atoms with E-state index in [4.69, 9.17) is 14.2 Å². The predicted molar refractivity (Wildman–Crippen MR) is 102 cm³/mol. The first-order chi connectivity index (χ1) is 13.9. The van der Waals surface area contributed by atoms with Crippen molar-refractivity contribution in [3.8, 4) is 11.5 Å². The molecule has 0 saturated heterocycles. The van der Waals surface area contributed by atoms with Gasteiger partial charge in [0.2, 0.25) is 10.0 Å². The Morgan fingerprint density at radius 3 is 2.79 bits per heavy atom. The van der Waals surface area contributed by atoms with Gasteiger partial charge in [-0.1, -0.05) is 0 Å². The quantitative estimate of drug-likeness (QED) is 0.700. The van der Waals surface area contributed by atoms with Crippen molar-refractivity contribution in [1.29, 1.82) is 0 Å². The number of benzene rings is 2. The minimum absolute atomic E-state index is 0.0898. The van der Waals surface area contributed by atoms with E-state index in [9.17, 15) is 17.6 Å². The Kier molecular flexibility index (Phi) is 6.36. The van der Waals surface area contributed by atoms with Crippen LogP contribution < -0.4 is 19.5 Å². The molecule has 10 heteroatoms. The molecule has 156 valence electrons. The maximum Gasteiger partial charge on any atom is 0.251 e. The number of fused-ring (bicyclic) bond motifs is 1. The lowest BCUT2D eigenvalue weighted by molar-refractivity contribution is -0.0172. The van der Waals surface area contributed by atoms with Crippen molar-refractivity contribution in [2.75, 3.05) is 27.5 Å². The Labute approximate surface area is 168 Å². The molecule has 0 radical (unpaired) electrons. The first-order valence-corrected chi connectivity index (χ1v) is 10.3. The normalized spacial score (nSPS) is 13.3. The topological polar surface area (TPSA) is 103 Å². The minimum Gasteiger partial charge on any atom is -0.495 e. The molecule has 1 heterocycles. The molecule has 2 aromatic carbocycles. The molecule has 0 spiro atoms. The van der Waals surface area contributed by atoms with E-state index in [1.807, 2.05) is 0 Å². The molecule has 29 heavy (non-hydrogen) atoms. The lowest BCUT2D eigenvalue weighted by atomic mass is 10.1. The summed E-state index contributed by atoms with van der Waals surface area (Å²) >= 11 is 0. The highest BCUT2D eigenvalue weighted by Crippen LogP contribution is 2.29. The molecule has 1 amide bonds. The van der Waals surface area contributed by atoms with Crippen LogP contribution in [0.4, 0.5) is 4.39 Å². The second kappa shape index (κ2) is 8.76. The number of nitrogens with one attached hydrogen (secondary N) is 2. The summed E-state index contributed by atoms with van der Waals surface area (Å²) in [7, 11) is -1.18. The van der Waals surface area contributed by atoms with Crippen molar-refractivity contribution in [2.24, 2.45) is 0 Å². The summed E-state index contributed by atoms with van der Waals surface area (Å²) < 4.78 is 55.9. The first kappa shape index (κ1) is 21.0. The molecule has 0 aliphatic carbocycles. The summed E-state index contributed by atoms with van der Waals surface area (Å²) in [6.45, 7) is 0.562. The van der Waals surface area contributed by atoms with Gasteiger partial charge in [-0.2, -0.15) is 0 Å². The fraction of sp³-hybridized carbons (Fsp3) is 0.316. The van der Waals surface area contributed by atoms with E-state index in [1.165, 1.54) is 44.5 Å². The summed E-state index contributed by atoms with van der Waals surface area (Å²) in [5, 5.41) is 2.70. The standard InChI is InChI=1S/C19H21FN2O6S/c1-21-29(24,25)17-9-13(3-4-16(17)26-2)19(23)22-6-5-12-7-15(20)8-14-10-27-11-28-18(12)14/h3-4,7-9,21H,5-6,10-11H2,1-2H3,(H,22,23). The Bertz CT molecular complexity index is 1030. The van der Waals surface area contributed by atoms with E-state index < -0.39 is 21.7 Å². The van der Waals surface area contributed by atoms with Crippen LogP contribution in [-0.4, -0.2) is 41.8 Å². The minimum atomic E-state index is -3.80. The van der Waals surface area contributed by atoms with Gasteiger partial charge < -0.3 is 19.5 Å². The van der Waals surface area contributed by atoms with E-state index in [2.05, 4.69) is 10.0 Å². The third-order valence-corrected chi connectivity index (χ3v) is 5.85. The van der Waals surface area contributed by atoms with Crippen molar-refractivity contribution in [2.45, 2.75) is 17.9 Å². The highest BCUT2D eigenvalue weighted by atomic mass is 32.2. The summed E-state index contributed by atoms with van der Waals surface area (Å²) in [6, 6.07) is 6.84. The summed E-state index contributed by atoms with van der Waals surface area (Å²) in [5.74, 6) is -0.175. The van der Waals surface area contributed by atoms with E-state index in [0.29, 0.717) is 23.3 Å². The fourth-order valence-electron chi connectivity index (χ4n) is 2.99. The van der Waals surface area contributed by atoms with Gasteiger partial charge in [0.05, 0.1) is 13.7 Å². The Hall–Kier alpha value is -2.69. The summed E-state index contributed by atoms with van der Waals surface area (Å²) in [6.07, 6.45) is 0.337. The number of hydrogen-bond acceptors (Lipinski definition) is 6. The number of amides is 1. The van der Waals surface area contributed by atoms with Gasteiger partial charge in [0.15, 0.2) is 6.79 Å². The number of halogens is 1. The van der Waals surface area contributed by atoms with Gasteiger partial charge in [0.25, 0.3) is 5.91 Å². The first-order valence-electron chi connectivity index (χ1n) is 8.77. The van der Waals surface area contributed by atoms with Gasteiger partial charge >= 0.3 is 0 Å². The molecular formula is C19H21FN2O6S. The zero-order chi connectivity index (χ0) is 21.0. The average Bonchev–Trinajstić information content (AvgIpc) is 2.72. The smallest absolute Gasteiger partial charge is 0.251 e. The number of carbonyl (C=O) groups excluding carboxylic acids is 1. The summed E-state index contributed by atoms with van der Waals surface area (Å²) in [5.41, 5.74) is 1.40. The zero-order valence-electron chi connectivity index (χ0n) is 16.0. The van der Waals surface area contributed by atoms with Crippen LogP contribution in [0.25, 0.3) is 0 Å². The molecule has 2 N–H and O–H groups in total. The Morgan fingerprint density at radius 2 is 2.07 bits per heavy atom. The van der Waals surface area contributed by atoms with Crippen LogP contribution in [0.5, 0.6) is 11.5 Å². The highest BCUT2D eigenvalue weighted by molar-refractivity contribution is 7.89. The Balaban J connectivity index is 1.72. The van der Waals surface area contributed by atoms with Gasteiger partial charge in [-0.05, 0) is 49.4 Å². The molecular weight excluding hydrogens is 403 g/mol. The molecule has 0 saturated carbocycles. The molecule has 0 bridgehead atoms. The number of methoxy groups -OCH3 is 1. The van der Waals surface area contributed by atoms with Crippen molar-refractivity contribution < 1.29 is 31.8 Å².